The monoisotopic (exact) mass is 258 g/mol. The molecular weight excluding hydrogens is 223 g/mol. The molecule has 0 nitrogen and oxygen atoms in total. The van der Waals surface area contributed by atoms with Gasteiger partial charge in [-0.1, -0.05) is 67.2 Å². The second kappa shape index (κ2) is 7.78. The molecule has 0 heterocycles. The van der Waals surface area contributed by atoms with Crippen molar-refractivity contribution in [2.24, 2.45) is 16.7 Å². The van der Waals surface area contributed by atoms with Crippen LogP contribution >= 0.6 is 9.24 Å². The Labute approximate surface area is 113 Å². The van der Waals surface area contributed by atoms with E-state index in [4.69, 9.17) is 0 Å². The second-order valence-electron chi connectivity index (χ2n) is 6.87. The average Bonchev–Trinajstić information content (AvgIpc) is 2.28. The lowest BCUT2D eigenvalue weighted by Gasteiger charge is -2.44. The van der Waals surface area contributed by atoms with Gasteiger partial charge in [-0.3, -0.25) is 0 Å². The number of unbranched alkanes of at least 4 members (excludes halogenated alkanes) is 2. The predicted octanol–water partition coefficient (Wildman–Crippen LogP) is 5.91. The standard InChI is InChI=1S/C16H35P/c1-7-15(3,4)14(16(5,6)8-2)12-10-9-11-13-17/h14H,7-13,17H2,1-6H3. The van der Waals surface area contributed by atoms with E-state index in [-0.39, 0.29) is 0 Å². The Hall–Kier alpha value is 0.430. The molecule has 0 N–H and O–H groups in total. The third-order valence-corrected chi connectivity index (χ3v) is 5.31. The van der Waals surface area contributed by atoms with Gasteiger partial charge in [-0.2, -0.15) is 0 Å². The summed E-state index contributed by atoms with van der Waals surface area (Å²) in [5, 5.41) is 0. The van der Waals surface area contributed by atoms with Crippen LogP contribution in [0, 0.1) is 16.7 Å². The summed E-state index contributed by atoms with van der Waals surface area (Å²) in [6.45, 7) is 14.5. The molecule has 104 valence electrons. The molecule has 0 fully saturated rings. The fourth-order valence-electron chi connectivity index (χ4n) is 3.00. The Morgan fingerprint density at radius 2 is 1.29 bits per heavy atom. The van der Waals surface area contributed by atoms with Gasteiger partial charge in [0.25, 0.3) is 0 Å². The van der Waals surface area contributed by atoms with E-state index < -0.39 is 0 Å². The molecular formula is C16H35P. The molecule has 0 saturated carbocycles. The van der Waals surface area contributed by atoms with Crippen molar-refractivity contribution in [3.8, 4) is 0 Å². The second-order valence-corrected chi connectivity index (χ2v) is 7.45. The Balaban J connectivity index is 4.53. The largest absolute Gasteiger partial charge is 0.138 e. The summed E-state index contributed by atoms with van der Waals surface area (Å²) in [5.41, 5.74) is 0.973. The van der Waals surface area contributed by atoms with Crippen LogP contribution in [0.4, 0.5) is 0 Å². The van der Waals surface area contributed by atoms with Gasteiger partial charge in [0.05, 0.1) is 0 Å². The van der Waals surface area contributed by atoms with Crippen LogP contribution in [-0.4, -0.2) is 6.16 Å². The minimum absolute atomic E-state index is 0.487. The molecule has 0 aromatic heterocycles. The zero-order valence-corrected chi connectivity index (χ0v) is 14.3. The summed E-state index contributed by atoms with van der Waals surface area (Å²) in [4.78, 5) is 0. The maximum absolute atomic E-state index is 2.84. The van der Waals surface area contributed by atoms with Crippen molar-refractivity contribution in [3.05, 3.63) is 0 Å². The van der Waals surface area contributed by atoms with Gasteiger partial charge in [0.15, 0.2) is 0 Å². The molecule has 0 aliphatic carbocycles. The quantitative estimate of drug-likeness (QED) is 0.356. The van der Waals surface area contributed by atoms with Gasteiger partial charge in [-0.05, 0) is 35.8 Å². The highest BCUT2D eigenvalue weighted by molar-refractivity contribution is 7.16. The Kier molecular flexibility index (Phi) is 7.97. The lowest BCUT2D eigenvalue weighted by molar-refractivity contribution is 0.0548. The Morgan fingerprint density at radius 3 is 1.65 bits per heavy atom. The van der Waals surface area contributed by atoms with Crippen LogP contribution in [0.1, 0.15) is 80.1 Å². The zero-order valence-electron chi connectivity index (χ0n) is 13.1. The van der Waals surface area contributed by atoms with Crippen molar-refractivity contribution in [1.29, 1.82) is 0 Å². The van der Waals surface area contributed by atoms with Crippen LogP contribution in [0.3, 0.4) is 0 Å². The molecule has 0 aliphatic heterocycles. The van der Waals surface area contributed by atoms with E-state index in [1.165, 1.54) is 44.7 Å². The summed E-state index contributed by atoms with van der Waals surface area (Å²) in [7, 11) is 2.84. The normalized spacial score (nSPS) is 13.4. The lowest BCUT2D eigenvalue weighted by Crippen LogP contribution is -2.35. The fourth-order valence-corrected chi connectivity index (χ4v) is 3.29. The van der Waals surface area contributed by atoms with E-state index in [9.17, 15) is 0 Å². The molecule has 0 radical (unpaired) electrons. The SMILES string of the molecule is CCC(C)(C)C(CCCCCP)C(C)(C)CC. The number of hydrogen-bond acceptors (Lipinski definition) is 0. The Bertz CT molecular complexity index is 178. The summed E-state index contributed by atoms with van der Waals surface area (Å²) in [5.74, 6) is 0.856. The van der Waals surface area contributed by atoms with E-state index in [1.807, 2.05) is 0 Å². The first kappa shape index (κ1) is 17.4. The minimum atomic E-state index is 0.487. The first-order chi connectivity index (χ1) is 7.81. The van der Waals surface area contributed by atoms with Gasteiger partial charge in [-0.15, -0.1) is 9.24 Å². The third kappa shape index (κ3) is 5.73. The Morgan fingerprint density at radius 1 is 0.824 bits per heavy atom. The third-order valence-electron chi connectivity index (χ3n) is 4.91. The molecule has 0 aromatic rings. The highest BCUT2D eigenvalue weighted by atomic mass is 31.0. The molecule has 0 bridgehead atoms. The van der Waals surface area contributed by atoms with Crippen molar-refractivity contribution in [2.75, 3.05) is 6.16 Å². The van der Waals surface area contributed by atoms with Gasteiger partial charge < -0.3 is 0 Å². The van der Waals surface area contributed by atoms with Crippen molar-refractivity contribution in [3.63, 3.8) is 0 Å². The smallest absolute Gasteiger partial charge is 0.0311 e. The van der Waals surface area contributed by atoms with Gasteiger partial charge in [-0.25, -0.2) is 0 Å². The summed E-state index contributed by atoms with van der Waals surface area (Å²) < 4.78 is 0. The van der Waals surface area contributed by atoms with Gasteiger partial charge in [0, 0.05) is 0 Å². The van der Waals surface area contributed by atoms with E-state index >= 15 is 0 Å². The molecule has 0 rings (SSSR count). The van der Waals surface area contributed by atoms with Crippen molar-refractivity contribution in [2.45, 2.75) is 80.1 Å². The summed E-state index contributed by atoms with van der Waals surface area (Å²) >= 11 is 0. The van der Waals surface area contributed by atoms with Crippen molar-refractivity contribution >= 4 is 9.24 Å². The van der Waals surface area contributed by atoms with Gasteiger partial charge >= 0.3 is 0 Å². The molecule has 17 heavy (non-hydrogen) atoms. The molecule has 0 aromatic carbocycles. The van der Waals surface area contributed by atoms with E-state index in [2.05, 4.69) is 50.8 Å². The minimum Gasteiger partial charge on any atom is -0.138 e. The molecule has 1 atom stereocenters. The molecule has 0 aliphatic rings. The van der Waals surface area contributed by atoms with Gasteiger partial charge in [0.2, 0.25) is 0 Å². The highest BCUT2D eigenvalue weighted by Gasteiger charge is 2.37. The predicted molar refractivity (Wildman–Crippen MR) is 84.7 cm³/mol. The van der Waals surface area contributed by atoms with Crippen molar-refractivity contribution in [1.82, 2.24) is 0 Å². The zero-order chi connectivity index (χ0) is 13.5. The molecule has 0 spiro atoms. The van der Waals surface area contributed by atoms with Gasteiger partial charge in [0.1, 0.15) is 0 Å². The van der Waals surface area contributed by atoms with Crippen LogP contribution in [0.2, 0.25) is 0 Å². The molecule has 0 saturated heterocycles. The first-order valence-corrected chi connectivity index (χ1v) is 8.33. The van der Waals surface area contributed by atoms with Crippen LogP contribution < -0.4 is 0 Å². The average molecular weight is 258 g/mol. The van der Waals surface area contributed by atoms with Crippen LogP contribution in [0.5, 0.6) is 0 Å². The van der Waals surface area contributed by atoms with E-state index in [0.29, 0.717) is 10.8 Å². The van der Waals surface area contributed by atoms with Crippen LogP contribution in [-0.2, 0) is 0 Å². The summed E-state index contributed by atoms with van der Waals surface area (Å²) in [6.07, 6.45) is 9.45. The van der Waals surface area contributed by atoms with E-state index in [1.54, 1.807) is 0 Å². The molecule has 1 heteroatoms. The number of rotatable bonds is 9. The number of hydrogen-bond donors (Lipinski definition) is 0. The first-order valence-electron chi connectivity index (χ1n) is 7.52. The fraction of sp³-hybridized carbons (Fsp3) is 1.00. The summed E-state index contributed by atoms with van der Waals surface area (Å²) in [6, 6.07) is 0. The molecule has 0 amide bonds. The molecule has 1 unspecified atom stereocenters. The van der Waals surface area contributed by atoms with E-state index in [0.717, 1.165) is 5.92 Å². The topological polar surface area (TPSA) is 0 Å². The van der Waals surface area contributed by atoms with Crippen LogP contribution in [0.25, 0.3) is 0 Å². The highest BCUT2D eigenvalue weighted by Crippen LogP contribution is 2.47. The lowest BCUT2D eigenvalue weighted by atomic mass is 9.61. The maximum atomic E-state index is 2.84. The van der Waals surface area contributed by atoms with Crippen molar-refractivity contribution < 1.29 is 0 Å². The van der Waals surface area contributed by atoms with Crippen LogP contribution in [0.15, 0.2) is 0 Å². The maximum Gasteiger partial charge on any atom is -0.0311 e.